The molecule has 0 fully saturated rings. The molecule has 2 aromatic carbocycles. The van der Waals surface area contributed by atoms with Gasteiger partial charge in [-0.15, -0.1) is 0 Å². The first-order valence-corrected chi connectivity index (χ1v) is 8.00. The Kier molecular flexibility index (Phi) is 4.72. The number of ether oxygens (including phenoxy) is 3. The monoisotopic (exact) mass is 313 g/mol. The molecule has 0 spiro atoms. The van der Waals surface area contributed by atoms with Gasteiger partial charge in [-0.3, -0.25) is 0 Å². The summed E-state index contributed by atoms with van der Waals surface area (Å²) in [5, 5.41) is 0. The number of nitrogens with two attached hydrogens (primary N) is 1. The smallest absolute Gasteiger partial charge is 0.231 e. The SMILES string of the molecule is CCc1ccc(OC)c(C(CN)Cc2ccc3c(c2)OCO3)c1. The van der Waals surface area contributed by atoms with E-state index in [1.54, 1.807) is 7.11 Å². The van der Waals surface area contributed by atoms with Crippen molar-refractivity contribution in [1.82, 2.24) is 0 Å². The summed E-state index contributed by atoms with van der Waals surface area (Å²) in [7, 11) is 1.71. The second kappa shape index (κ2) is 6.92. The largest absolute Gasteiger partial charge is 0.496 e. The Morgan fingerprint density at radius 2 is 1.87 bits per heavy atom. The lowest BCUT2D eigenvalue weighted by atomic mass is 9.90. The topological polar surface area (TPSA) is 53.7 Å². The van der Waals surface area contributed by atoms with Crippen molar-refractivity contribution in [2.75, 3.05) is 20.4 Å². The van der Waals surface area contributed by atoms with E-state index in [0.29, 0.717) is 13.3 Å². The molecule has 23 heavy (non-hydrogen) atoms. The summed E-state index contributed by atoms with van der Waals surface area (Å²) in [6, 6.07) is 12.4. The molecule has 1 unspecified atom stereocenters. The van der Waals surface area contributed by atoms with E-state index in [4.69, 9.17) is 19.9 Å². The lowest BCUT2D eigenvalue weighted by molar-refractivity contribution is 0.174. The predicted octanol–water partition coefficient (Wildman–Crippen LogP) is 3.27. The number of hydrogen-bond donors (Lipinski definition) is 1. The van der Waals surface area contributed by atoms with Crippen molar-refractivity contribution >= 4 is 0 Å². The second-order valence-electron chi connectivity index (χ2n) is 5.75. The van der Waals surface area contributed by atoms with Crippen LogP contribution in [-0.4, -0.2) is 20.4 Å². The number of benzene rings is 2. The highest BCUT2D eigenvalue weighted by Crippen LogP contribution is 2.35. The van der Waals surface area contributed by atoms with Crippen molar-refractivity contribution in [1.29, 1.82) is 0 Å². The molecule has 0 bridgehead atoms. The molecule has 0 aliphatic carbocycles. The van der Waals surface area contributed by atoms with Crippen LogP contribution in [0.15, 0.2) is 36.4 Å². The van der Waals surface area contributed by atoms with E-state index in [1.165, 1.54) is 16.7 Å². The Hall–Kier alpha value is -2.20. The fraction of sp³-hybridized carbons (Fsp3) is 0.368. The van der Waals surface area contributed by atoms with Gasteiger partial charge in [-0.05, 0) is 54.3 Å². The molecule has 1 atom stereocenters. The maximum absolute atomic E-state index is 6.07. The van der Waals surface area contributed by atoms with Crippen LogP contribution in [0.4, 0.5) is 0 Å². The van der Waals surface area contributed by atoms with Crippen LogP contribution in [0.2, 0.25) is 0 Å². The normalized spacial score (nSPS) is 13.9. The summed E-state index contributed by atoms with van der Waals surface area (Å²) >= 11 is 0. The molecular weight excluding hydrogens is 290 g/mol. The maximum Gasteiger partial charge on any atom is 0.231 e. The molecule has 1 heterocycles. The lowest BCUT2D eigenvalue weighted by Crippen LogP contribution is -2.16. The molecule has 0 saturated heterocycles. The van der Waals surface area contributed by atoms with Crippen molar-refractivity contribution in [3.05, 3.63) is 53.1 Å². The Bertz CT molecular complexity index is 684. The molecule has 1 aliphatic rings. The predicted molar refractivity (Wildman–Crippen MR) is 90.4 cm³/mol. The van der Waals surface area contributed by atoms with Crippen LogP contribution in [0.1, 0.15) is 29.5 Å². The third-order valence-corrected chi connectivity index (χ3v) is 4.35. The summed E-state index contributed by atoms with van der Waals surface area (Å²) in [5.41, 5.74) is 9.73. The van der Waals surface area contributed by atoms with Gasteiger partial charge >= 0.3 is 0 Å². The highest BCUT2D eigenvalue weighted by Gasteiger charge is 2.19. The zero-order chi connectivity index (χ0) is 16.2. The van der Waals surface area contributed by atoms with E-state index in [2.05, 4.69) is 25.1 Å². The van der Waals surface area contributed by atoms with Gasteiger partial charge in [0.2, 0.25) is 6.79 Å². The first kappa shape index (κ1) is 15.7. The van der Waals surface area contributed by atoms with E-state index in [0.717, 1.165) is 30.1 Å². The van der Waals surface area contributed by atoms with Crippen LogP contribution in [0.3, 0.4) is 0 Å². The third kappa shape index (κ3) is 3.27. The first-order chi connectivity index (χ1) is 11.2. The Labute approximate surface area is 137 Å². The van der Waals surface area contributed by atoms with Crippen LogP contribution in [-0.2, 0) is 12.8 Å². The van der Waals surface area contributed by atoms with Crippen molar-refractivity contribution in [3.63, 3.8) is 0 Å². The number of rotatable bonds is 6. The van der Waals surface area contributed by atoms with Gasteiger partial charge in [0, 0.05) is 5.92 Å². The Balaban J connectivity index is 1.88. The maximum atomic E-state index is 6.07. The molecule has 0 radical (unpaired) electrons. The van der Waals surface area contributed by atoms with Crippen molar-refractivity contribution < 1.29 is 14.2 Å². The quantitative estimate of drug-likeness (QED) is 0.889. The molecule has 1 aliphatic heterocycles. The van der Waals surface area contributed by atoms with E-state index in [-0.39, 0.29) is 5.92 Å². The molecule has 0 amide bonds. The van der Waals surface area contributed by atoms with Crippen LogP contribution in [0, 0.1) is 0 Å². The standard InChI is InChI=1S/C19H23NO3/c1-3-13-4-6-17(21-2)16(9-13)15(11-20)8-14-5-7-18-19(10-14)23-12-22-18/h4-7,9-10,15H,3,8,11-12,20H2,1-2H3. The van der Waals surface area contributed by atoms with Crippen molar-refractivity contribution in [2.24, 2.45) is 5.73 Å². The van der Waals surface area contributed by atoms with Gasteiger partial charge in [0.1, 0.15) is 5.75 Å². The molecule has 0 aromatic heterocycles. The first-order valence-electron chi connectivity index (χ1n) is 8.00. The van der Waals surface area contributed by atoms with Gasteiger partial charge in [-0.1, -0.05) is 25.1 Å². The van der Waals surface area contributed by atoms with Gasteiger partial charge in [-0.25, -0.2) is 0 Å². The van der Waals surface area contributed by atoms with Gasteiger partial charge in [0.15, 0.2) is 11.5 Å². The summed E-state index contributed by atoms with van der Waals surface area (Å²) < 4.78 is 16.4. The van der Waals surface area contributed by atoms with Crippen LogP contribution < -0.4 is 19.9 Å². The Morgan fingerprint density at radius 3 is 2.61 bits per heavy atom. The highest BCUT2D eigenvalue weighted by atomic mass is 16.7. The van der Waals surface area contributed by atoms with Crippen molar-refractivity contribution in [2.45, 2.75) is 25.7 Å². The molecular formula is C19H23NO3. The number of methoxy groups -OCH3 is 1. The molecule has 4 nitrogen and oxygen atoms in total. The summed E-state index contributed by atoms with van der Waals surface area (Å²) in [6.45, 7) is 3.02. The van der Waals surface area contributed by atoms with E-state index in [9.17, 15) is 0 Å². The lowest BCUT2D eigenvalue weighted by Gasteiger charge is -2.19. The summed E-state index contributed by atoms with van der Waals surface area (Å²) in [5.74, 6) is 2.73. The van der Waals surface area contributed by atoms with Gasteiger partial charge in [0.25, 0.3) is 0 Å². The molecule has 122 valence electrons. The number of fused-ring (bicyclic) bond motifs is 1. The number of aryl methyl sites for hydroxylation is 1. The Morgan fingerprint density at radius 1 is 1.09 bits per heavy atom. The summed E-state index contributed by atoms with van der Waals surface area (Å²) in [6.07, 6.45) is 1.84. The van der Waals surface area contributed by atoms with Crippen LogP contribution >= 0.6 is 0 Å². The fourth-order valence-corrected chi connectivity index (χ4v) is 3.00. The summed E-state index contributed by atoms with van der Waals surface area (Å²) in [4.78, 5) is 0. The molecule has 0 saturated carbocycles. The molecule has 3 rings (SSSR count). The average Bonchev–Trinajstić information content (AvgIpc) is 3.06. The second-order valence-corrected chi connectivity index (χ2v) is 5.75. The van der Waals surface area contributed by atoms with Crippen LogP contribution in [0.5, 0.6) is 17.2 Å². The van der Waals surface area contributed by atoms with E-state index >= 15 is 0 Å². The zero-order valence-corrected chi connectivity index (χ0v) is 13.7. The number of hydrogen-bond acceptors (Lipinski definition) is 4. The third-order valence-electron chi connectivity index (χ3n) is 4.35. The van der Waals surface area contributed by atoms with E-state index < -0.39 is 0 Å². The van der Waals surface area contributed by atoms with Crippen LogP contribution in [0.25, 0.3) is 0 Å². The minimum Gasteiger partial charge on any atom is -0.496 e. The van der Waals surface area contributed by atoms with Gasteiger partial charge < -0.3 is 19.9 Å². The minimum atomic E-state index is 0.205. The van der Waals surface area contributed by atoms with E-state index in [1.807, 2.05) is 18.2 Å². The average molecular weight is 313 g/mol. The molecule has 4 heteroatoms. The van der Waals surface area contributed by atoms with Crippen molar-refractivity contribution in [3.8, 4) is 17.2 Å². The minimum absolute atomic E-state index is 0.205. The zero-order valence-electron chi connectivity index (χ0n) is 13.7. The molecule has 2 N–H and O–H groups in total. The van der Waals surface area contributed by atoms with Gasteiger partial charge in [-0.2, -0.15) is 0 Å². The van der Waals surface area contributed by atoms with Gasteiger partial charge in [0.05, 0.1) is 7.11 Å². The highest BCUT2D eigenvalue weighted by molar-refractivity contribution is 5.46. The molecule has 2 aromatic rings. The fourth-order valence-electron chi connectivity index (χ4n) is 3.00.